The van der Waals surface area contributed by atoms with E-state index in [-0.39, 0.29) is 16.3 Å². The highest BCUT2D eigenvalue weighted by Crippen LogP contribution is 2.20. The van der Waals surface area contributed by atoms with Crippen LogP contribution in [0, 0.1) is 11.3 Å². The van der Waals surface area contributed by atoms with Crippen molar-refractivity contribution in [3.8, 4) is 6.07 Å². The van der Waals surface area contributed by atoms with Gasteiger partial charge in [0.25, 0.3) is 0 Å². The topological polar surface area (TPSA) is 62.1 Å². The van der Waals surface area contributed by atoms with E-state index in [9.17, 15) is 18.0 Å². The van der Waals surface area contributed by atoms with Crippen LogP contribution >= 0.6 is 11.6 Å². The third-order valence-electron chi connectivity index (χ3n) is 1.70. The van der Waals surface area contributed by atoms with Crippen molar-refractivity contribution in [3.63, 3.8) is 0 Å². The van der Waals surface area contributed by atoms with E-state index >= 15 is 0 Å². The Labute approximate surface area is 105 Å². The molecule has 0 bridgehead atoms. The quantitative estimate of drug-likeness (QED) is 0.902. The van der Waals surface area contributed by atoms with Crippen LogP contribution in [0.25, 0.3) is 0 Å². The molecule has 0 saturated carbocycles. The summed E-state index contributed by atoms with van der Waals surface area (Å²) in [7, 11) is 0. The third kappa shape index (κ3) is 4.51. The first-order valence-electron chi connectivity index (χ1n) is 4.52. The molecular weight excluding hydrogens is 273 g/mol. The monoisotopic (exact) mass is 278 g/mol. The van der Waals surface area contributed by atoms with Crippen molar-refractivity contribution >= 4 is 23.4 Å². The number of rotatable bonds is 2. The zero-order valence-corrected chi connectivity index (χ0v) is 9.47. The van der Waals surface area contributed by atoms with E-state index in [1.54, 1.807) is 6.07 Å². The van der Waals surface area contributed by atoms with Gasteiger partial charge in [0.2, 0.25) is 0 Å². The Balaban J connectivity index is 2.63. The molecule has 1 aromatic carbocycles. The number of alkyl halides is 3. The highest BCUT2D eigenvalue weighted by molar-refractivity contribution is 6.31. The summed E-state index contributed by atoms with van der Waals surface area (Å²) in [5.41, 5.74) is 0.202. The number of carbonyl (C=O) groups is 1. The average Bonchev–Trinajstić information content (AvgIpc) is 2.28. The number of anilines is 1. The molecule has 0 aliphatic rings. The van der Waals surface area contributed by atoms with Gasteiger partial charge < -0.3 is 4.74 Å². The minimum atomic E-state index is -4.59. The number of carbonyl (C=O) groups excluding carboxylic acids is 1. The average molecular weight is 279 g/mol. The summed E-state index contributed by atoms with van der Waals surface area (Å²) < 4.78 is 39.2. The summed E-state index contributed by atoms with van der Waals surface area (Å²) in [6.07, 6.45) is -5.85. The molecule has 8 heteroatoms. The molecule has 96 valence electrons. The van der Waals surface area contributed by atoms with E-state index in [0.29, 0.717) is 0 Å². The largest absolute Gasteiger partial charge is 0.440 e. The van der Waals surface area contributed by atoms with Crippen LogP contribution in [0.15, 0.2) is 18.2 Å². The number of amides is 1. The van der Waals surface area contributed by atoms with Gasteiger partial charge in [-0.1, -0.05) is 11.6 Å². The lowest BCUT2D eigenvalue weighted by Crippen LogP contribution is -2.23. The molecule has 0 aliphatic heterocycles. The van der Waals surface area contributed by atoms with Gasteiger partial charge in [-0.2, -0.15) is 18.4 Å². The molecule has 0 aliphatic carbocycles. The van der Waals surface area contributed by atoms with Crippen LogP contribution in [0.2, 0.25) is 5.02 Å². The summed E-state index contributed by atoms with van der Waals surface area (Å²) in [5, 5.41) is 10.9. The molecule has 0 atom stereocenters. The van der Waals surface area contributed by atoms with Crippen LogP contribution in [0.1, 0.15) is 5.56 Å². The Morgan fingerprint density at radius 2 is 2.17 bits per heavy atom. The Hall–Kier alpha value is -1.94. The van der Waals surface area contributed by atoms with Gasteiger partial charge in [0.1, 0.15) is 6.07 Å². The summed E-state index contributed by atoms with van der Waals surface area (Å²) >= 11 is 5.64. The molecular formula is C10H6ClF3N2O2. The van der Waals surface area contributed by atoms with Gasteiger partial charge in [-0.3, -0.25) is 5.32 Å². The first-order chi connectivity index (χ1) is 8.31. The van der Waals surface area contributed by atoms with Gasteiger partial charge >= 0.3 is 12.3 Å². The van der Waals surface area contributed by atoms with Crippen molar-refractivity contribution in [1.29, 1.82) is 5.26 Å². The van der Waals surface area contributed by atoms with E-state index in [0.717, 1.165) is 0 Å². The first-order valence-corrected chi connectivity index (χ1v) is 4.90. The molecule has 1 aromatic rings. The zero-order valence-electron chi connectivity index (χ0n) is 8.71. The first kappa shape index (κ1) is 14.1. The van der Waals surface area contributed by atoms with Crippen LogP contribution in [0.3, 0.4) is 0 Å². The zero-order chi connectivity index (χ0) is 13.8. The minimum Gasteiger partial charge on any atom is -0.440 e. The van der Waals surface area contributed by atoms with Gasteiger partial charge in [0.05, 0.1) is 10.6 Å². The SMILES string of the molecule is N#Cc1cc(NC(=O)OCC(F)(F)F)ccc1Cl. The van der Waals surface area contributed by atoms with Gasteiger partial charge in [-0.15, -0.1) is 0 Å². The van der Waals surface area contributed by atoms with Crippen molar-refractivity contribution in [2.75, 3.05) is 11.9 Å². The maximum Gasteiger partial charge on any atom is 0.422 e. The molecule has 18 heavy (non-hydrogen) atoms. The van der Waals surface area contributed by atoms with Crippen LogP contribution in [0.4, 0.5) is 23.7 Å². The van der Waals surface area contributed by atoms with Gasteiger partial charge in [0, 0.05) is 5.69 Å². The minimum absolute atomic E-state index is 0.0882. The van der Waals surface area contributed by atoms with E-state index in [2.05, 4.69) is 4.74 Å². The molecule has 0 aromatic heterocycles. The Morgan fingerprint density at radius 1 is 1.50 bits per heavy atom. The molecule has 0 unspecified atom stereocenters. The molecule has 0 heterocycles. The number of hydrogen-bond donors (Lipinski definition) is 1. The van der Waals surface area contributed by atoms with Crippen LogP contribution in [-0.4, -0.2) is 18.9 Å². The molecule has 1 rings (SSSR count). The fourth-order valence-electron chi connectivity index (χ4n) is 0.990. The van der Waals surface area contributed by atoms with Crippen molar-refractivity contribution in [2.45, 2.75) is 6.18 Å². The smallest absolute Gasteiger partial charge is 0.422 e. The van der Waals surface area contributed by atoms with Gasteiger partial charge in [0.15, 0.2) is 6.61 Å². The molecule has 1 N–H and O–H groups in total. The lowest BCUT2D eigenvalue weighted by atomic mass is 10.2. The second-order valence-corrected chi connectivity index (χ2v) is 3.53. The number of ether oxygens (including phenoxy) is 1. The number of nitrogens with zero attached hydrogens (tertiary/aromatic N) is 1. The van der Waals surface area contributed by atoms with E-state index in [1.807, 2.05) is 5.32 Å². The number of nitriles is 1. The lowest BCUT2D eigenvalue weighted by molar-refractivity contribution is -0.159. The highest BCUT2D eigenvalue weighted by atomic mass is 35.5. The molecule has 0 fully saturated rings. The molecule has 0 radical (unpaired) electrons. The number of hydrogen-bond acceptors (Lipinski definition) is 3. The number of halogens is 4. The number of nitrogens with one attached hydrogen (secondary N) is 1. The van der Waals surface area contributed by atoms with Crippen LogP contribution in [-0.2, 0) is 4.74 Å². The van der Waals surface area contributed by atoms with E-state index in [4.69, 9.17) is 16.9 Å². The normalized spacial score (nSPS) is 10.6. The molecule has 4 nitrogen and oxygen atoms in total. The summed E-state index contributed by atoms with van der Waals surface area (Å²) in [4.78, 5) is 11.0. The van der Waals surface area contributed by atoms with E-state index < -0.39 is 18.9 Å². The Kier molecular flexibility index (Phi) is 4.39. The van der Waals surface area contributed by atoms with Crippen molar-refractivity contribution < 1.29 is 22.7 Å². The van der Waals surface area contributed by atoms with Gasteiger partial charge in [-0.05, 0) is 18.2 Å². The van der Waals surface area contributed by atoms with Crippen molar-refractivity contribution in [3.05, 3.63) is 28.8 Å². The Bertz CT molecular complexity index is 497. The summed E-state index contributed by atoms with van der Waals surface area (Å²) in [6.45, 7) is -1.68. The summed E-state index contributed by atoms with van der Waals surface area (Å²) in [5.74, 6) is 0. The maximum atomic E-state index is 11.8. The molecule has 0 saturated heterocycles. The standard InChI is InChI=1S/C10H6ClF3N2O2/c11-8-2-1-7(3-6(8)4-15)16-9(17)18-5-10(12,13)14/h1-3H,5H2,(H,16,17). The second kappa shape index (κ2) is 5.60. The highest BCUT2D eigenvalue weighted by Gasteiger charge is 2.29. The maximum absolute atomic E-state index is 11.8. The predicted octanol–water partition coefficient (Wildman–Crippen LogP) is 3.32. The van der Waals surface area contributed by atoms with Gasteiger partial charge in [-0.25, -0.2) is 4.79 Å². The van der Waals surface area contributed by atoms with Crippen molar-refractivity contribution in [2.24, 2.45) is 0 Å². The second-order valence-electron chi connectivity index (χ2n) is 3.12. The van der Waals surface area contributed by atoms with Crippen LogP contribution in [0.5, 0.6) is 0 Å². The lowest BCUT2D eigenvalue weighted by Gasteiger charge is -2.09. The van der Waals surface area contributed by atoms with Crippen molar-refractivity contribution in [1.82, 2.24) is 0 Å². The predicted molar refractivity (Wildman–Crippen MR) is 57.2 cm³/mol. The molecule has 0 spiro atoms. The fraction of sp³-hybridized carbons (Fsp3) is 0.200. The van der Waals surface area contributed by atoms with E-state index in [1.165, 1.54) is 18.2 Å². The van der Waals surface area contributed by atoms with Crippen LogP contribution < -0.4 is 5.32 Å². The summed E-state index contributed by atoms with van der Waals surface area (Å²) in [6, 6.07) is 5.64. The number of benzene rings is 1. The fourth-order valence-corrected chi connectivity index (χ4v) is 1.15. The third-order valence-corrected chi connectivity index (χ3v) is 2.03. The Morgan fingerprint density at radius 3 is 2.72 bits per heavy atom. The molecule has 1 amide bonds.